The third-order valence-corrected chi connectivity index (χ3v) is 4.30. The van der Waals surface area contributed by atoms with Gasteiger partial charge >= 0.3 is 0 Å². The molecular formula is C18H22N4O. The molecule has 1 aromatic heterocycles. The molecule has 2 aliphatic rings. The lowest BCUT2D eigenvalue weighted by Gasteiger charge is -2.12. The highest BCUT2D eigenvalue weighted by atomic mass is 16.5. The van der Waals surface area contributed by atoms with Crippen molar-refractivity contribution in [1.82, 2.24) is 9.97 Å². The smallest absolute Gasteiger partial charge is 0.225 e. The monoisotopic (exact) mass is 310 g/mol. The van der Waals surface area contributed by atoms with Crippen LogP contribution in [0.1, 0.15) is 42.9 Å². The molecule has 2 aliphatic carbocycles. The number of benzene rings is 1. The topological polar surface area (TPSA) is 59.1 Å². The van der Waals surface area contributed by atoms with Crippen LogP contribution >= 0.6 is 0 Å². The van der Waals surface area contributed by atoms with E-state index < -0.39 is 0 Å². The van der Waals surface area contributed by atoms with Gasteiger partial charge in [-0.05, 0) is 31.7 Å². The number of anilines is 2. The summed E-state index contributed by atoms with van der Waals surface area (Å²) in [6.07, 6.45) is 4.93. The van der Waals surface area contributed by atoms with E-state index in [1.54, 1.807) is 7.11 Å². The van der Waals surface area contributed by atoms with Crippen molar-refractivity contribution in [2.75, 3.05) is 17.7 Å². The first kappa shape index (κ1) is 14.3. The van der Waals surface area contributed by atoms with Crippen LogP contribution < -0.4 is 15.4 Å². The molecule has 2 aromatic rings. The van der Waals surface area contributed by atoms with E-state index in [4.69, 9.17) is 4.74 Å². The van der Waals surface area contributed by atoms with Crippen LogP contribution in [0.4, 0.5) is 11.8 Å². The number of methoxy groups -OCH3 is 1. The van der Waals surface area contributed by atoms with Crippen molar-refractivity contribution in [3.05, 3.63) is 41.6 Å². The summed E-state index contributed by atoms with van der Waals surface area (Å²) in [4.78, 5) is 9.30. The first-order valence-electron chi connectivity index (χ1n) is 8.33. The Kier molecular flexibility index (Phi) is 3.77. The van der Waals surface area contributed by atoms with Gasteiger partial charge in [0.1, 0.15) is 11.6 Å². The van der Waals surface area contributed by atoms with Crippen molar-refractivity contribution in [3.8, 4) is 5.75 Å². The Morgan fingerprint density at radius 3 is 2.70 bits per heavy atom. The average Bonchev–Trinajstić information content (AvgIpc) is 3.46. The quantitative estimate of drug-likeness (QED) is 0.819. The molecule has 120 valence electrons. The molecule has 0 unspecified atom stereocenters. The Balaban J connectivity index is 1.51. The van der Waals surface area contributed by atoms with Crippen LogP contribution in [0.25, 0.3) is 0 Å². The first-order valence-corrected chi connectivity index (χ1v) is 8.33. The van der Waals surface area contributed by atoms with Gasteiger partial charge in [-0.2, -0.15) is 4.98 Å². The van der Waals surface area contributed by atoms with Gasteiger partial charge < -0.3 is 15.4 Å². The lowest BCUT2D eigenvalue weighted by Crippen LogP contribution is -2.10. The Bertz CT molecular complexity index is 695. The summed E-state index contributed by atoms with van der Waals surface area (Å²) in [5.74, 6) is 3.16. The molecule has 2 fully saturated rings. The molecule has 0 saturated heterocycles. The number of ether oxygens (including phenoxy) is 1. The average molecular weight is 310 g/mol. The summed E-state index contributed by atoms with van der Waals surface area (Å²) >= 11 is 0. The van der Waals surface area contributed by atoms with E-state index in [9.17, 15) is 0 Å². The zero-order valence-corrected chi connectivity index (χ0v) is 13.4. The van der Waals surface area contributed by atoms with Crippen LogP contribution in [0.3, 0.4) is 0 Å². The predicted octanol–water partition coefficient (Wildman–Crippen LogP) is 3.55. The maximum absolute atomic E-state index is 5.41. The fraction of sp³-hybridized carbons (Fsp3) is 0.444. The van der Waals surface area contributed by atoms with Crippen molar-refractivity contribution in [1.29, 1.82) is 0 Å². The van der Waals surface area contributed by atoms with Crippen molar-refractivity contribution in [2.24, 2.45) is 0 Å². The minimum Gasteiger partial charge on any atom is -0.496 e. The van der Waals surface area contributed by atoms with Gasteiger partial charge in [0, 0.05) is 30.1 Å². The molecule has 4 rings (SSSR count). The molecule has 5 heteroatoms. The van der Waals surface area contributed by atoms with Crippen LogP contribution in [0, 0.1) is 0 Å². The molecule has 1 aromatic carbocycles. The van der Waals surface area contributed by atoms with E-state index in [-0.39, 0.29) is 0 Å². The second kappa shape index (κ2) is 6.07. The SMILES string of the molecule is COc1ccccc1CNc1cc(C2CC2)nc(NC2CC2)n1. The Hall–Kier alpha value is -2.30. The normalized spacial score (nSPS) is 16.9. The molecular weight excluding hydrogens is 288 g/mol. The number of nitrogens with one attached hydrogen (secondary N) is 2. The zero-order chi connectivity index (χ0) is 15.6. The lowest BCUT2D eigenvalue weighted by molar-refractivity contribution is 0.410. The fourth-order valence-corrected chi connectivity index (χ4v) is 2.65. The van der Waals surface area contributed by atoms with E-state index in [1.807, 2.05) is 18.2 Å². The standard InChI is InChI=1S/C18H22N4O/c1-23-16-5-3-2-4-13(16)11-19-17-10-15(12-6-7-12)21-18(22-17)20-14-8-9-14/h2-5,10,12,14H,6-9,11H2,1H3,(H2,19,20,21,22). The molecule has 0 aliphatic heterocycles. The Labute approximate surface area is 136 Å². The van der Waals surface area contributed by atoms with Gasteiger partial charge in [0.05, 0.1) is 12.8 Å². The molecule has 0 amide bonds. The van der Waals surface area contributed by atoms with E-state index in [2.05, 4.69) is 32.7 Å². The molecule has 2 N–H and O–H groups in total. The van der Waals surface area contributed by atoms with Crippen LogP contribution in [0.2, 0.25) is 0 Å². The molecule has 2 saturated carbocycles. The summed E-state index contributed by atoms with van der Waals surface area (Å²) in [6, 6.07) is 10.7. The van der Waals surface area contributed by atoms with Crippen molar-refractivity contribution < 1.29 is 4.74 Å². The van der Waals surface area contributed by atoms with Crippen LogP contribution in [0.15, 0.2) is 30.3 Å². The van der Waals surface area contributed by atoms with Gasteiger partial charge in [-0.3, -0.25) is 0 Å². The summed E-state index contributed by atoms with van der Waals surface area (Å²) in [6.45, 7) is 0.688. The van der Waals surface area contributed by atoms with Gasteiger partial charge in [0.15, 0.2) is 0 Å². The molecule has 0 bridgehead atoms. The van der Waals surface area contributed by atoms with E-state index >= 15 is 0 Å². The third-order valence-electron chi connectivity index (χ3n) is 4.30. The number of para-hydroxylation sites is 1. The number of nitrogens with zero attached hydrogens (tertiary/aromatic N) is 2. The first-order chi connectivity index (χ1) is 11.3. The summed E-state index contributed by atoms with van der Waals surface area (Å²) in [5, 5.41) is 6.83. The Morgan fingerprint density at radius 1 is 1.13 bits per heavy atom. The van der Waals surface area contributed by atoms with Crippen molar-refractivity contribution in [3.63, 3.8) is 0 Å². The largest absolute Gasteiger partial charge is 0.496 e. The molecule has 23 heavy (non-hydrogen) atoms. The molecule has 0 atom stereocenters. The highest BCUT2D eigenvalue weighted by molar-refractivity contribution is 5.46. The number of hydrogen-bond acceptors (Lipinski definition) is 5. The molecule has 5 nitrogen and oxygen atoms in total. The molecule has 0 radical (unpaired) electrons. The van der Waals surface area contributed by atoms with Crippen molar-refractivity contribution in [2.45, 2.75) is 44.2 Å². The van der Waals surface area contributed by atoms with Gasteiger partial charge in [-0.25, -0.2) is 4.98 Å². The maximum Gasteiger partial charge on any atom is 0.225 e. The summed E-state index contributed by atoms with van der Waals surface area (Å²) < 4.78 is 5.41. The van der Waals surface area contributed by atoms with E-state index in [1.165, 1.54) is 25.7 Å². The van der Waals surface area contributed by atoms with E-state index in [0.717, 1.165) is 28.8 Å². The second-order valence-corrected chi connectivity index (χ2v) is 6.36. The second-order valence-electron chi connectivity index (χ2n) is 6.36. The zero-order valence-electron chi connectivity index (χ0n) is 13.4. The fourth-order valence-electron chi connectivity index (χ4n) is 2.65. The van der Waals surface area contributed by atoms with Gasteiger partial charge in [0.25, 0.3) is 0 Å². The van der Waals surface area contributed by atoms with Crippen LogP contribution in [-0.4, -0.2) is 23.1 Å². The van der Waals surface area contributed by atoms with Gasteiger partial charge in [0.2, 0.25) is 5.95 Å². The van der Waals surface area contributed by atoms with E-state index in [0.29, 0.717) is 18.5 Å². The summed E-state index contributed by atoms with van der Waals surface area (Å²) in [7, 11) is 1.70. The molecule has 1 heterocycles. The highest BCUT2D eigenvalue weighted by Gasteiger charge is 2.27. The number of hydrogen-bond donors (Lipinski definition) is 2. The minimum absolute atomic E-state index is 0.562. The Morgan fingerprint density at radius 2 is 1.96 bits per heavy atom. The van der Waals surface area contributed by atoms with Gasteiger partial charge in [-0.1, -0.05) is 18.2 Å². The van der Waals surface area contributed by atoms with Crippen LogP contribution in [-0.2, 0) is 6.54 Å². The maximum atomic E-state index is 5.41. The number of rotatable bonds is 7. The summed E-state index contributed by atoms with van der Waals surface area (Å²) in [5.41, 5.74) is 2.28. The lowest BCUT2D eigenvalue weighted by atomic mass is 10.2. The van der Waals surface area contributed by atoms with Crippen molar-refractivity contribution >= 4 is 11.8 Å². The highest BCUT2D eigenvalue weighted by Crippen LogP contribution is 2.40. The van der Waals surface area contributed by atoms with Gasteiger partial charge in [-0.15, -0.1) is 0 Å². The predicted molar refractivity (Wildman–Crippen MR) is 91.0 cm³/mol. The molecule has 0 spiro atoms. The third kappa shape index (κ3) is 3.55. The minimum atomic E-state index is 0.562. The number of aromatic nitrogens is 2. The van der Waals surface area contributed by atoms with Crippen LogP contribution in [0.5, 0.6) is 5.75 Å².